The lowest BCUT2D eigenvalue weighted by molar-refractivity contribution is 0.188. The molecule has 0 aromatic heterocycles. The smallest absolute Gasteiger partial charge is 0.0174 e. The average Bonchev–Trinajstić information content (AvgIpc) is 3.08. The molecule has 2 rings (SSSR count). The summed E-state index contributed by atoms with van der Waals surface area (Å²) < 4.78 is 0. The van der Waals surface area contributed by atoms with E-state index < -0.39 is 0 Å². The molecule has 2 aliphatic rings. The first-order valence-electron chi connectivity index (χ1n) is 6.09. The second-order valence-corrected chi connectivity index (χ2v) is 5.06. The van der Waals surface area contributed by atoms with Gasteiger partial charge in [0.1, 0.15) is 0 Å². The Hall–Kier alpha value is -0.0500. The molecule has 1 heterocycles. The first kappa shape index (κ1) is 11.4. The number of halogens is 1. The lowest BCUT2D eigenvalue weighted by atomic mass is 9.98. The van der Waals surface area contributed by atoms with Crippen LogP contribution in [0.5, 0.6) is 0 Å². The van der Waals surface area contributed by atoms with Crippen LogP contribution >= 0.6 is 11.6 Å². The van der Waals surface area contributed by atoms with Crippen LogP contribution in [0.3, 0.4) is 0 Å². The maximum atomic E-state index is 5.55. The SMILES string of the molecule is ClC=CCN1CCCC(CNC2CC2)C1. The van der Waals surface area contributed by atoms with E-state index in [0.29, 0.717) is 0 Å². The van der Waals surface area contributed by atoms with Gasteiger partial charge in [-0.3, -0.25) is 4.90 Å². The van der Waals surface area contributed by atoms with E-state index in [0.717, 1.165) is 18.5 Å². The van der Waals surface area contributed by atoms with Gasteiger partial charge < -0.3 is 5.32 Å². The van der Waals surface area contributed by atoms with Crippen molar-refractivity contribution >= 4 is 11.6 Å². The summed E-state index contributed by atoms with van der Waals surface area (Å²) in [6.07, 6.45) is 7.56. The third-order valence-corrected chi connectivity index (χ3v) is 3.51. The summed E-state index contributed by atoms with van der Waals surface area (Å²) >= 11 is 5.55. The van der Waals surface area contributed by atoms with Gasteiger partial charge in [-0.2, -0.15) is 0 Å². The van der Waals surface area contributed by atoms with E-state index in [1.807, 2.05) is 6.08 Å². The predicted octanol–water partition coefficient (Wildman–Crippen LogP) is 2.20. The minimum atomic E-state index is 0.850. The minimum absolute atomic E-state index is 0.850. The monoisotopic (exact) mass is 228 g/mol. The van der Waals surface area contributed by atoms with Gasteiger partial charge in [0.05, 0.1) is 0 Å². The van der Waals surface area contributed by atoms with Crippen molar-refractivity contribution in [3.63, 3.8) is 0 Å². The van der Waals surface area contributed by atoms with E-state index in [1.165, 1.54) is 45.3 Å². The topological polar surface area (TPSA) is 15.3 Å². The molecule has 15 heavy (non-hydrogen) atoms. The van der Waals surface area contributed by atoms with Crippen molar-refractivity contribution in [3.05, 3.63) is 11.6 Å². The highest BCUT2D eigenvalue weighted by atomic mass is 35.5. The number of piperidine rings is 1. The highest BCUT2D eigenvalue weighted by molar-refractivity contribution is 6.25. The van der Waals surface area contributed by atoms with Crippen molar-refractivity contribution in [2.75, 3.05) is 26.2 Å². The van der Waals surface area contributed by atoms with Gasteiger partial charge in [0.15, 0.2) is 0 Å². The van der Waals surface area contributed by atoms with Crippen LogP contribution in [0.15, 0.2) is 11.6 Å². The molecule has 0 radical (unpaired) electrons. The number of nitrogens with zero attached hydrogens (tertiary/aromatic N) is 1. The second kappa shape index (κ2) is 5.88. The van der Waals surface area contributed by atoms with E-state index in [-0.39, 0.29) is 0 Å². The normalized spacial score (nSPS) is 28.7. The van der Waals surface area contributed by atoms with E-state index in [4.69, 9.17) is 11.6 Å². The summed E-state index contributed by atoms with van der Waals surface area (Å²) in [5, 5.41) is 3.63. The van der Waals surface area contributed by atoms with Gasteiger partial charge in [0.2, 0.25) is 0 Å². The molecular formula is C12H21ClN2. The quantitative estimate of drug-likeness (QED) is 0.776. The standard InChI is InChI=1S/C12H21ClN2/c13-6-2-8-15-7-1-3-11(10-15)9-14-12-4-5-12/h2,6,11-12,14H,1,3-5,7-10H2. The first-order valence-corrected chi connectivity index (χ1v) is 6.53. The zero-order valence-corrected chi connectivity index (χ0v) is 10.0. The zero-order valence-electron chi connectivity index (χ0n) is 9.29. The van der Waals surface area contributed by atoms with Crippen LogP contribution < -0.4 is 5.32 Å². The van der Waals surface area contributed by atoms with Crippen molar-refractivity contribution in [2.24, 2.45) is 5.92 Å². The zero-order chi connectivity index (χ0) is 10.5. The Balaban J connectivity index is 1.65. The molecule has 1 N–H and O–H groups in total. The molecule has 86 valence electrons. The van der Waals surface area contributed by atoms with Gasteiger partial charge in [-0.25, -0.2) is 0 Å². The Morgan fingerprint density at radius 1 is 1.33 bits per heavy atom. The number of hydrogen-bond acceptors (Lipinski definition) is 2. The molecule has 2 nitrogen and oxygen atoms in total. The lowest BCUT2D eigenvalue weighted by Gasteiger charge is -2.32. The molecule has 0 aromatic carbocycles. The van der Waals surface area contributed by atoms with Crippen molar-refractivity contribution in [2.45, 2.75) is 31.7 Å². The van der Waals surface area contributed by atoms with Crippen molar-refractivity contribution in [3.8, 4) is 0 Å². The second-order valence-electron chi connectivity index (χ2n) is 4.81. The molecule has 0 amide bonds. The van der Waals surface area contributed by atoms with Crippen molar-refractivity contribution in [1.82, 2.24) is 10.2 Å². The van der Waals surface area contributed by atoms with E-state index in [1.54, 1.807) is 5.54 Å². The van der Waals surface area contributed by atoms with Crippen LogP contribution in [0, 0.1) is 5.92 Å². The molecular weight excluding hydrogens is 208 g/mol. The van der Waals surface area contributed by atoms with Crippen molar-refractivity contribution in [1.29, 1.82) is 0 Å². The number of likely N-dealkylation sites (tertiary alicyclic amines) is 1. The third kappa shape index (κ3) is 4.13. The van der Waals surface area contributed by atoms with Crippen LogP contribution in [-0.4, -0.2) is 37.1 Å². The average molecular weight is 229 g/mol. The molecule has 1 saturated carbocycles. The summed E-state index contributed by atoms with van der Waals surface area (Å²) in [4.78, 5) is 2.50. The van der Waals surface area contributed by atoms with Gasteiger partial charge in [-0.15, -0.1) is 0 Å². The number of rotatable bonds is 5. The Morgan fingerprint density at radius 3 is 2.93 bits per heavy atom. The van der Waals surface area contributed by atoms with Crippen LogP contribution in [0.1, 0.15) is 25.7 Å². The fourth-order valence-corrected chi connectivity index (χ4v) is 2.37. The minimum Gasteiger partial charge on any atom is -0.314 e. The fraction of sp³-hybridized carbons (Fsp3) is 0.833. The summed E-state index contributed by atoms with van der Waals surface area (Å²) in [5.74, 6) is 0.850. The summed E-state index contributed by atoms with van der Waals surface area (Å²) in [7, 11) is 0. The van der Waals surface area contributed by atoms with Gasteiger partial charge >= 0.3 is 0 Å². The van der Waals surface area contributed by atoms with E-state index in [9.17, 15) is 0 Å². The Kier molecular flexibility index (Phi) is 4.48. The maximum absolute atomic E-state index is 5.55. The van der Waals surface area contributed by atoms with Gasteiger partial charge in [0, 0.05) is 24.7 Å². The maximum Gasteiger partial charge on any atom is 0.0174 e. The van der Waals surface area contributed by atoms with E-state index >= 15 is 0 Å². The highest BCUT2D eigenvalue weighted by Gasteiger charge is 2.24. The lowest BCUT2D eigenvalue weighted by Crippen LogP contribution is -2.40. The Bertz CT molecular complexity index is 214. The molecule has 3 heteroatoms. The first-order chi connectivity index (χ1) is 7.38. The third-order valence-electron chi connectivity index (χ3n) is 3.33. The molecule has 1 saturated heterocycles. The van der Waals surface area contributed by atoms with Gasteiger partial charge in [0.25, 0.3) is 0 Å². The molecule has 1 aliphatic carbocycles. The Morgan fingerprint density at radius 2 is 2.20 bits per heavy atom. The molecule has 1 unspecified atom stereocenters. The largest absolute Gasteiger partial charge is 0.314 e. The Labute approximate surface area is 97.7 Å². The highest BCUT2D eigenvalue weighted by Crippen LogP contribution is 2.21. The van der Waals surface area contributed by atoms with Gasteiger partial charge in [-0.1, -0.05) is 17.7 Å². The molecule has 2 fully saturated rings. The fourth-order valence-electron chi connectivity index (χ4n) is 2.29. The molecule has 0 spiro atoms. The van der Waals surface area contributed by atoms with Crippen LogP contribution in [-0.2, 0) is 0 Å². The summed E-state index contributed by atoms with van der Waals surface area (Å²) in [6.45, 7) is 4.71. The number of hydrogen-bond donors (Lipinski definition) is 1. The van der Waals surface area contributed by atoms with E-state index in [2.05, 4.69) is 10.2 Å². The number of nitrogens with one attached hydrogen (secondary N) is 1. The van der Waals surface area contributed by atoms with Crippen LogP contribution in [0.2, 0.25) is 0 Å². The predicted molar refractivity (Wildman–Crippen MR) is 65.2 cm³/mol. The summed E-state index contributed by atoms with van der Waals surface area (Å²) in [5.41, 5.74) is 1.63. The van der Waals surface area contributed by atoms with Crippen molar-refractivity contribution < 1.29 is 0 Å². The molecule has 1 aliphatic heterocycles. The molecule has 0 aromatic rings. The van der Waals surface area contributed by atoms with Gasteiger partial charge in [-0.05, 0) is 44.7 Å². The van der Waals surface area contributed by atoms with Crippen LogP contribution in [0.25, 0.3) is 0 Å². The molecule has 1 atom stereocenters. The van der Waals surface area contributed by atoms with Crippen LogP contribution in [0.4, 0.5) is 0 Å². The molecule has 0 bridgehead atoms. The summed E-state index contributed by atoms with van der Waals surface area (Å²) in [6, 6.07) is 0.850.